The monoisotopic (exact) mass is 257 g/mol. The van der Waals surface area contributed by atoms with Crippen molar-refractivity contribution in [3.8, 4) is 5.75 Å². The van der Waals surface area contributed by atoms with Crippen molar-refractivity contribution >= 4 is 0 Å². The van der Waals surface area contributed by atoms with Crippen molar-refractivity contribution in [3.05, 3.63) is 29.8 Å². The zero-order chi connectivity index (χ0) is 13.8. The Morgan fingerprint density at radius 1 is 1.17 bits per heavy atom. The summed E-state index contributed by atoms with van der Waals surface area (Å²) in [7, 11) is 0. The highest BCUT2D eigenvalue weighted by Crippen LogP contribution is 2.27. The molecule has 0 aromatic heterocycles. The van der Waals surface area contributed by atoms with Crippen molar-refractivity contribution in [3.63, 3.8) is 0 Å². The Kier molecular flexibility index (Phi) is 5.08. The van der Waals surface area contributed by atoms with Crippen LogP contribution in [0.15, 0.2) is 24.3 Å². The Hall–Kier alpha value is -1.16. The number of rotatable bonds is 5. The van der Waals surface area contributed by atoms with Crippen molar-refractivity contribution in [2.75, 3.05) is 0 Å². The Morgan fingerprint density at radius 3 is 2.17 bits per heavy atom. The van der Waals surface area contributed by atoms with Gasteiger partial charge in [0.25, 0.3) is 0 Å². The lowest BCUT2D eigenvalue weighted by atomic mass is 9.87. The van der Waals surface area contributed by atoms with Gasteiger partial charge in [0.05, 0.1) is 0 Å². The molecule has 0 saturated carbocycles. The van der Waals surface area contributed by atoms with Crippen molar-refractivity contribution < 1.29 is 13.5 Å². The molecule has 1 aromatic carbocycles. The summed E-state index contributed by atoms with van der Waals surface area (Å²) in [6.07, 6.45) is 1.89. The highest BCUT2D eigenvalue weighted by molar-refractivity contribution is 5.29. The SMILES string of the molecule is CC(C)(C)CCC(N)c1ccc(OC(F)F)cc1. The molecule has 0 heterocycles. The molecule has 0 bridgehead atoms. The van der Waals surface area contributed by atoms with Crippen LogP contribution in [-0.2, 0) is 0 Å². The average molecular weight is 257 g/mol. The van der Waals surface area contributed by atoms with Gasteiger partial charge in [0.2, 0.25) is 0 Å². The summed E-state index contributed by atoms with van der Waals surface area (Å²) in [5.74, 6) is 0.164. The maximum absolute atomic E-state index is 12.0. The Morgan fingerprint density at radius 2 is 1.72 bits per heavy atom. The molecule has 18 heavy (non-hydrogen) atoms. The van der Waals surface area contributed by atoms with E-state index in [2.05, 4.69) is 25.5 Å². The first-order valence-corrected chi connectivity index (χ1v) is 6.08. The third kappa shape index (κ3) is 5.45. The van der Waals surface area contributed by atoms with E-state index in [0.29, 0.717) is 0 Å². The van der Waals surface area contributed by atoms with Gasteiger partial charge in [0.1, 0.15) is 5.75 Å². The number of ether oxygens (including phenoxy) is 1. The van der Waals surface area contributed by atoms with Crippen LogP contribution in [0.2, 0.25) is 0 Å². The zero-order valence-electron chi connectivity index (χ0n) is 11.1. The van der Waals surface area contributed by atoms with Crippen molar-refractivity contribution in [1.29, 1.82) is 0 Å². The minimum Gasteiger partial charge on any atom is -0.435 e. The van der Waals surface area contributed by atoms with Gasteiger partial charge in [-0.05, 0) is 36.0 Å². The first kappa shape index (κ1) is 14.9. The summed E-state index contributed by atoms with van der Waals surface area (Å²) < 4.78 is 28.3. The molecule has 102 valence electrons. The molecule has 1 unspecified atom stereocenters. The van der Waals surface area contributed by atoms with Crippen LogP contribution in [-0.4, -0.2) is 6.61 Å². The van der Waals surface area contributed by atoms with Crippen molar-refractivity contribution in [1.82, 2.24) is 0 Å². The van der Waals surface area contributed by atoms with Crippen LogP contribution in [0, 0.1) is 5.41 Å². The quantitative estimate of drug-likeness (QED) is 0.861. The van der Waals surface area contributed by atoms with E-state index in [1.54, 1.807) is 12.1 Å². The first-order valence-electron chi connectivity index (χ1n) is 6.08. The van der Waals surface area contributed by atoms with Gasteiger partial charge < -0.3 is 10.5 Å². The van der Waals surface area contributed by atoms with E-state index < -0.39 is 6.61 Å². The van der Waals surface area contributed by atoms with E-state index >= 15 is 0 Å². The molecule has 0 aliphatic carbocycles. The predicted octanol–water partition coefficient (Wildman–Crippen LogP) is 4.11. The first-order chi connectivity index (χ1) is 8.28. The molecular weight excluding hydrogens is 236 g/mol. The molecule has 2 N–H and O–H groups in total. The fourth-order valence-corrected chi connectivity index (χ4v) is 1.65. The molecule has 0 amide bonds. The molecular formula is C14H21F2NO. The second kappa shape index (κ2) is 6.14. The Bertz CT molecular complexity index is 357. The van der Waals surface area contributed by atoms with E-state index in [4.69, 9.17) is 5.73 Å². The van der Waals surface area contributed by atoms with Crippen LogP contribution in [0.1, 0.15) is 45.2 Å². The van der Waals surface area contributed by atoms with E-state index in [0.717, 1.165) is 18.4 Å². The molecule has 1 atom stereocenters. The van der Waals surface area contributed by atoms with Gasteiger partial charge in [-0.1, -0.05) is 32.9 Å². The van der Waals surface area contributed by atoms with Gasteiger partial charge in [0, 0.05) is 6.04 Å². The lowest BCUT2D eigenvalue weighted by Gasteiger charge is -2.21. The average Bonchev–Trinajstić information content (AvgIpc) is 2.25. The summed E-state index contributed by atoms with van der Waals surface area (Å²) >= 11 is 0. The van der Waals surface area contributed by atoms with Crippen molar-refractivity contribution in [2.24, 2.45) is 11.1 Å². The van der Waals surface area contributed by atoms with Crippen LogP contribution in [0.3, 0.4) is 0 Å². The minimum atomic E-state index is -2.79. The highest BCUT2D eigenvalue weighted by Gasteiger charge is 2.14. The maximum Gasteiger partial charge on any atom is 0.387 e. The van der Waals surface area contributed by atoms with Gasteiger partial charge in [-0.2, -0.15) is 8.78 Å². The fourth-order valence-electron chi connectivity index (χ4n) is 1.65. The molecule has 0 aliphatic rings. The molecule has 4 heteroatoms. The summed E-state index contributed by atoms with van der Waals surface area (Å²) in [4.78, 5) is 0. The topological polar surface area (TPSA) is 35.2 Å². The smallest absolute Gasteiger partial charge is 0.387 e. The number of alkyl halides is 2. The molecule has 0 saturated heterocycles. The number of halogens is 2. The maximum atomic E-state index is 12.0. The lowest BCUT2D eigenvalue weighted by Crippen LogP contribution is -2.14. The Balaban J connectivity index is 2.56. The second-order valence-electron chi connectivity index (χ2n) is 5.65. The van der Waals surface area contributed by atoms with Gasteiger partial charge >= 0.3 is 6.61 Å². The van der Waals surface area contributed by atoms with E-state index in [1.807, 2.05) is 0 Å². The van der Waals surface area contributed by atoms with Gasteiger partial charge in [0.15, 0.2) is 0 Å². The zero-order valence-corrected chi connectivity index (χ0v) is 11.1. The number of hydrogen-bond donors (Lipinski definition) is 1. The lowest BCUT2D eigenvalue weighted by molar-refractivity contribution is -0.0498. The van der Waals surface area contributed by atoms with Crippen LogP contribution in [0.5, 0.6) is 5.75 Å². The molecule has 1 rings (SSSR count). The fraction of sp³-hybridized carbons (Fsp3) is 0.571. The molecule has 0 spiro atoms. The third-order valence-electron chi connectivity index (χ3n) is 2.74. The number of benzene rings is 1. The molecule has 0 aliphatic heterocycles. The number of nitrogens with two attached hydrogens (primary N) is 1. The van der Waals surface area contributed by atoms with Crippen LogP contribution < -0.4 is 10.5 Å². The molecule has 2 nitrogen and oxygen atoms in total. The van der Waals surface area contributed by atoms with Crippen LogP contribution in [0.25, 0.3) is 0 Å². The summed E-state index contributed by atoms with van der Waals surface area (Å²) in [6, 6.07) is 6.47. The molecule has 1 aromatic rings. The normalized spacial score (nSPS) is 13.7. The van der Waals surface area contributed by atoms with E-state index in [9.17, 15) is 8.78 Å². The Labute approximate surface area is 107 Å². The van der Waals surface area contributed by atoms with Crippen molar-refractivity contribution in [2.45, 2.75) is 46.3 Å². The van der Waals surface area contributed by atoms with E-state index in [-0.39, 0.29) is 17.2 Å². The predicted molar refractivity (Wildman–Crippen MR) is 68.7 cm³/mol. The number of hydrogen-bond acceptors (Lipinski definition) is 2. The van der Waals surface area contributed by atoms with E-state index in [1.165, 1.54) is 12.1 Å². The van der Waals surface area contributed by atoms with Gasteiger partial charge in [-0.25, -0.2) is 0 Å². The summed E-state index contributed by atoms with van der Waals surface area (Å²) in [5.41, 5.74) is 7.26. The summed E-state index contributed by atoms with van der Waals surface area (Å²) in [5, 5.41) is 0. The standard InChI is InChI=1S/C14H21F2NO/c1-14(2,3)9-8-12(17)10-4-6-11(7-5-10)18-13(15)16/h4-7,12-13H,8-9,17H2,1-3H3. The molecule has 0 radical (unpaired) electrons. The van der Waals surface area contributed by atoms with Gasteiger partial charge in [-0.15, -0.1) is 0 Å². The van der Waals surface area contributed by atoms with Crippen LogP contribution >= 0.6 is 0 Å². The van der Waals surface area contributed by atoms with Gasteiger partial charge in [-0.3, -0.25) is 0 Å². The highest BCUT2D eigenvalue weighted by atomic mass is 19.3. The summed E-state index contributed by atoms with van der Waals surface area (Å²) in [6.45, 7) is 3.71. The molecule has 0 fully saturated rings. The third-order valence-corrected chi connectivity index (χ3v) is 2.74. The second-order valence-corrected chi connectivity index (χ2v) is 5.65. The minimum absolute atomic E-state index is 0.0650. The largest absolute Gasteiger partial charge is 0.435 e. The van der Waals surface area contributed by atoms with Crippen LogP contribution in [0.4, 0.5) is 8.78 Å².